The monoisotopic (exact) mass is 280 g/mol. The zero-order valence-corrected chi connectivity index (χ0v) is 10.2. The fourth-order valence-electron chi connectivity index (χ4n) is 1.48. The highest BCUT2D eigenvalue weighted by molar-refractivity contribution is 9.10. The fourth-order valence-corrected chi connectivity index (χ4v) is 1.86. The van der Waals surface area contributed by atoms with Gasteiger partial charge in [0.2, 0.25) is 0 Å². The van der Waals surface area contributed by atoms with Gasteiger partial charge in [0.25, 0.3) is 0 Å². The predicted molar refractivity (Wildman–Crippen MR) is 64.8 cm³/mol. The number of halogens is 1. The average molecular weight is 281 g/mol. The lowest BCUT2D eigenvalue weighted by molar-refractivity contribution is 0.0985. The van der Waals surface area contributed by atoms with Crippen LogP contribution in [0.4, 0.5) is 0 Å². The standard InChI is InChI=1S/C12H9BrO3/c1-2-10(14)9-6-7-5-8(13)3-4-11(7)16-12(9)15/h3-6H,2H2,1H3. The van der Waals surface area contributed by atoms with Crippen LogP contribution < -0.4 is 5.63 Å². The minimum absolute atomic E-state index is 0.119. The second-order valence-electron chi connectivity index (χ2n) is 3.41. The zero-order valence-electron chi connectivity index (χ0n) is 8.62. The number of carbonyl (C=O) groups excluding carboxylic acids is 1. The van der Waals surface area contributed by atoms with Gasteiger partial charge in [-0.1, -0.05) is 22.9 Å². The molecule has 16 heavy (non-hydrogen) atoms. The molecule has 0 fully saturated rings. The number of hydrogen-bond acceptors (Lipinski definition) is 3. The Kier molecular flexibility index (Phi) is 2.92. The Hall–Kier alpha value is -1.42. The third-order valence-electron chi connectivity index (χ3n) is 2.32. The van der Waals surface area contributed by atoms with Gasteiger partial charge >= 0.3 is 5.63 Å². The number of ketones is 1. The summed E-state index contributed by atoms with van der Waals surface area (Å²) in [6.07, 6.45) is 0.296. The molecule has 0 unspecified atom stereocenters. The molecule has 0 spiro atoms. The molecule has 1 aromatic carbocycles. The van der Waals surface area contributed by atoms with Gasteiger partial charge in [-0.05, 0) is 24.3 Å². The van der Waals surface area contributed by atoms with Gasteiger partial charge in [-0.3, -0.25) is 4.79 Å². The highest BCUT2D eigenvalue weighted by Crippen LogP contribution is 2.19. The number of hydrogen-bond donors (Lipinski definition) is 0. The van der Waals surface area contributed by atoms with E-state index in [1.807, 2.05) is 6.07 Å². The van der Waals surface area contributed by atoms with Crippen LogP contribution >= 0.6 is 15.9 Å². The van der Waals surface area contributed by atoms with Crippen LogP contribution in [-0.2, 0) is 0 Å². The molecule has 1 aromatic heterocycles. The normalized spacial score (nSPS) is 10.6. The average Bonchev–Trinajstić information content (AvgIpc) is 2.28. The van der Waals surface area contributed by atoms with Crippen LogP contribution in [0.15, 0.2) is 37.9 Å². The molecular formula is C12H9BrO3. The molecule has 0 N–H and O–H groups in total. The number of Topliss-reactive ketones (excluding diaryl/α,β-unsaturated/α-hetero) is 1. The van der Waals surface area contributed by atoms with Crippen molar-refractivity contribution in [3.05, 3.63) is 44.7 Å². The van der Waals surface area contributed by atoms with E-state index < -0.39 is 5.63 Å². The third kappa shape index (κ3) is 1.93. The summed E-state index contributed by atoms with van der Waals surface area (Å²) in [5.41, 5.74) is 0.0376. The smallest absolute Gasteiger partial charge is 0.347 e. The zero-order chi connectivity index (χ0) is 11.7. The first-order chi connectivity index (χ1) is 7.61. The number of fused-ring (bicyclic) bond motifs is 1. The molecule has 3 nitrogen and oxygen atoms in total. The molecule has 2 rings (SSSR count). The maximum atomic E-state index is 11.5. The first-order valence-electron chi connectivity index (χ1n) is 4.88. The van der Waals surface area contributed by atoms with Crippen LogP contribution in [0.1, 0.15) is 23.7 Å². The largest absolute Gasteiger partial charge is 0.422 e. The van der Waals surface area contributed by atoms with Gasteiger partial charge in [0.05, 0.1) is 0 Å². The number of benzene rings is 1. The Balaban J connectivity index is 2.74. The molecule has 0 saturated heterocycles. The summed E-state index contributed by atoms with van der Waals surface area (Å²) in [4.78, 5) is 23.0. The maximum absolute atomic E-state index is 11.5. The quantitative estimate of drug-likeness (QED) is 0.627. The van der Waals surface area contributed by atoms with Crippen LogP contribution in [0.5, 0.6) is 0 Å². The highest BCUT2D eigenvalue weighted by Gasteiger charge is 2.11. The van der Waals surface area contributed by atoms with E-state index in [1.54, 1.807) is 25.1 Å². The van der Waals surface area contributed by atoms with Crippen molar-refractivity contribution in [3.63, 3.8) is 0 Å². The van der Waals surface area contributed by atoms with Gasteiger partial charge < -0.3 is 4.42 Å². The first-order valence-corrected chi connectivity index (χ1v) is 5.67. The molecule has 0 aliphatic rings. The number of carbonyl (C=O) groups is 1. The maximum Gasteiger partial charge on any atom is 0.347 e. The topological polar surface area (TPSA) is 47.3 Å². The first kappa shape index (κ1) is 11.1. The van der Waals surface area contributed by atoms with E-state index in [2.05, 4.69) is 15.9 Å². The molecular weight excluding hydrogens is 272 g/mol. The number of rotatable bonds is 2. The van der Waals surface area contributed by atoms with Crippen molar-refractivity contribution in [2.45, 2.75) is 13.3 Å². The van der Waals surface area contributed by atoms with E-state index in [9.17, 15) is 9.59 Å². The van der Waals surface area contributed by atoms with Crippen LogP contribution in [0.25, 0.3) is 11.0 Å². The van der Waals surface area contributed by atoms with E-state index in [1.165, 1.54) is 0 Å². The van der Waals surface area contributed by atoms with E-state index in [4.69, 9.17) is 4.42 Å². The van der Waals surface area contributed by atoms with E-state index in [-0.39, 0.29) is 11.3 Å². The fraction of sp³-hybridized carbons (Fsp3) is 0.167. The molecule has 2 aromatic rings. The summed E-state index contributed by atoms with van der Waals surface area (Å²) in [5.74, 6) is -0.198. The van der Waals surface area contributed by atoms with Crippen molar-refractivity contribution in [3.8, 4) is 0 Å². The van der Waals surface area contributed by atoms with Crippen LogP contribution in [-0.4, -0.2) is 5.78 Å². The molecule has 4 heteroatoms. The lowest BCUT2D eigenvalue weighted by Crippen LogP contribution is -2.12. The van der Waals surface area contributed by atoms with E-state index in [0.717, 1.165) is 9.86 Å². The molecule has 0 bridgehead atoms. The summed E-state index contributed by atoms with van der Waals surface area (Å²) in [5, 5.41) is 0.741. The molecule has 82 valence electrons. The van der Waals surface area contributed by atoms with Crippen molar-refractivity contribution >= 4 is 32.7 Å². The Morgan fingerprint density at radius 3 is 2.81 bits per heavy atom. The molecule has 0 aliphatic carbocycles. The lowest BCUT2D eigenvalue weighted by Gasteiger charge is -2.00. The summed E-state index contributed by atoms with van der Waals surface area (Å²) in [6, 6.07) is 6.87. The SMILES string of the molecule is CCC(=O)c1cc2cc(Br)ccc2oc1=O. The molecule has 1 heterocycles. The Morgan fingerprint density at radius 1 is 1.38 bits per heavy atom. The van der Waals surface area contributed by atoms with Crippen LogP contribution in [0.2, 0.25) is 0 Å². The van der Waals surface area contributed by atoms with Crippen molar-refractivity contribution in [2.24, 2.45) is 0 Å². The summed E-state index contributed by atoms with van der Waals surface area (Å²) in [6.45, 7) is 1.72. The molecule has 0 amide bonds. The van der Waals surface area contributed by atoms with E-state index >= 15 is 0 Å². The summed E-state index contributed by atoms with van der Waals surface area (Å²) in [7, 11) is 0. The Labute approximate surface area is 100 Å². The molecule has 0 saturated carbocycles. The Bertz CT molecular complexity index is 613. The molecule has 0 radical (unpaired) electrons. The molecule has 0 aliphatic heterocycles. The van der Waals surface area contributed by atoms with Crippen molar-refractivity contribution in [2.75, 3.05) is 0 Å². The predicted octanol–water partition coefficient (Wildman–Crippen LogP) is 3.15. The summed E-state index contributed by atoms with van der Waals surface area (Å²) < 4.78 is 5.95. The van der Waals surface area contributed by atoms with Gasteiger partial charge in [-0.15, -0.1) is 0 Å². The van der Waals surface area contributed by atoms with Gasteiger partial charge in [0.15, 0.2) is 5.78 Å². The second-order valence-corrected chi connectivity index (χ2v) is 4.32. The van der Waals surface area contributed by atoms with Gasteiger partial charge in [-0.25, -0.2) is 4.79 Å². The van der Waals surface area contributed by atoms with Crippen LogP contribution in [0, 0.1) is 0 Å². The van der Waals surface area contributed by atoms with Gasteiger partial charge in [0.1, 0.15) is 11.1 Å². The highest BCUT2D eigenvalue weighted by atomic mass is 79.9. The van der Waals surface area contributed by atoms with Gasteiger partial charge in [0, 0.05) is 16.3 Å². The van der Waals surface area contributed by atoms with E-state index in [0.29, 0.717) is 12.0 Å². The van der Waals surface area contributed by atoms with Crippen molar-refractivity contribution in [1.82, 2.24) is 0 Å². The minimum atomic E-state index is -0.568. The van der Waals surface area contributed by atoms with Crippen molar-refractivity contribution in [1.29, 1.82) is 0 Å². The lowest BCUT2D eigenvalue weighted by atomic mass is 10.1. The third-order valence-corrected chi connectivity index (χ3v) is 2.81. The molecule has 0 atom stereocenters. The van der Waals surface area contributed by atoms with Crippen LogP contribution in [0.3, 0.4) is 0 Å². The Morgan fingerprint density at radius 2 is 2.12 bits per heavy atom. The minimum Gasteiger partial charge on any atom is -0.422 e. The summed E-state index contributed by atoms with van der Waals surface area (Å²) >= 11 is 3.32. The van der Waals surface area contributed by atoms with Gasteiger partial charge in [-0.2, -0.15) is 0 Å². The second kappa shape index (κ2) is 4.22. The van der Waals surface area contributed by atoms with Crippen molar-refractivity contribution < 1.29 is 9.21 Å².